The van der Waals surface area contributed by atoms with E-state index < -0.39 is 10.0 Å². The Bertz CT molecular complexity index is 515. The Morgan fingerprint density at radius 2 is 2.33 bits per heavy atom. The van der Waals surface area contributed by atoms with Crippen LogP contribution in [-0.4, -0.2) is 43.1 Å². The van der Waals surface area contributed by atoms with Gasteiger partial charge in [-0.3, -0.25) is 5.10 Å². The van der Waals surface area contributed by atoms with E-state index in [9.17, 15) is 8.42 Å². The van der Waals surface area contributed by atoms with Crippen LogP contribution >= 0.6 is 0 Å². The molecule has 1 rings (SSSR count). The van der Waals surface area contributed by atoms with Gasteiger partial charge in [-0.2, -0.15) is 9.40 Å². The molecule has 1 aromatic heterocycles. The lowest BCUT2D eigenvalue weighted by Gasteiger charge is -2.14. The number of terminal acetylenes is 1. The largest absolute Gasteiger partial charge is 0.313 e. The number of hydrogen-bond donors (Lipinski definition) is 2. The second-order valence-corrected chi connectivity index (χ2v) is 5.85. The van der Waals surface area contributed by atoms with Crippen molar-refractivity contribution < 1.29 is 8.42 Å². The van der Waals surface area contributed by atoms with Crippen LogP contribution in [0.15, 0.2) is 11.2 Å². The van der Waals surface area contributed by atoms with E-state index in [2.05, 4.69) is 21.4 Å². The van der Waals surface area contributed by atoms with E-state index >= 15 is 0 Å². The minimum Gasteiger partial charge on any atom is -0.313 e. The highest BCUT2D eigenvalue weighted by molar-refractivity contribution is 7.89. The van der Waals surface area contributed by atoms with Gasteiger partial charge in [0.2, 0.25) is 0 Å². The molecule has 0 aromatic carbocycles. The summed E-state index contributed by atoms with van der Waals surface area (Å²) in [6, 6.07) is 0. The number of aromatic nitrogens is 2. The predicted molar refractivity (Wildman–Crippen MR) is 69.2 cm³/mol. The van der Waals surface area contributed by atoms with Gasteiger partial charge in [0.05, 0.1) is 12.7 Å². The third-order valence-electron chi connectivity index (χ3n) is 2.40. The summed E-state index contributed by atoms with van der Waals surface area (Å²) in [4.78, 5) is 0. The number of H-pyrrole nitrogens is 1. The first-order chi connectivity index (χ1) is 8.54. The van der Waals surface area contributed by atoms with Gasteiger partial charge in [-0.15, -0.1) is 6.42 Å². The lowest BCUT2D eigenvalue weighted by Crippen LogP contribution is -2.29. The predicted octanol–water partition coefficient (Wildman–Crippen LogP) is 0.163. The van der Waals surface area contributed by atoms with Crippen molar-refractivity contribution in [2.24, 2.45) is 0 Å². The van der Waals surface area contributed by atoms with E-state index in [1.807, 2.05) is 6.92 Å². The van der Waals surface area contributed by atoms with Crippen LogP contribution in [-0.2, 0) is 16.6 Å². The van der Waals surface area contributed by atoms with Gasteiger partial charge in [-0.1, -0.05) is 12.8 Å². The molecule has 0 radical (unpaired) electrons. The second-order valence-electron chi connectivity index (χ2n) is 3.87. The van der Waals surface area contributed by atoms with Crippen molar-refractivity contribution >= 4 is 10.0 Å². The van der Waals surface area contributed by atoms with Crippen molar-refractivity contribution in [2.75, 3.05) is 20.1 Å². The minimum atomic E-state index is -3.59. The molecule has 1 heterocycles. The van der Waals surface area contributed by atoms with Crippen LogP contribution in [0.4, 0.5) is 0 Å². The SMILES string of the molecule is C#CCN(C)S(=O)(=O)c1[nH]ncc1CNCCC. The van der Waals surface area contributed by atoms with E-state index in [-0.39, 0.29) is 11.6 Å². The first kappa shape index (κ1) is 14.7. The molecule has 18 heavy (non-hydrogen) atoms. The summed E-state index contributed by atoms with van der Waals surface area (Å²) < 4.78 is 25.5. The Balaban J connectivity index is 2.89. The van der Waals surface area contributed by atoms with Gasteiger partial charge in [-0.25, -0.2) is 8.42 Å². The third-order valence-corrected chi connectivity index (χ3v) is 4.22. The Morgan fingerprint density at radius 1 is 1.61 bits per heavy atom. The summed E-state index contributed by atoms with van der Waals surface area (Å²) in [5.41, 5.74) is 0.618. The standard InChI is InChI=1S/C11H18N4O2S/c1-4-6-12-8-10-9-13-14-11(10)18(16,17)15(3)7-5-2/h2,9,12H,4,6-8H2,1,3H3,(H,13,14). The number of aromatic amines is 1. The minimum absolute atomic E-state index is 0.0309. The summed E-state index contributed by atoms with van der Waals surface area (Å²) in [6.07, 6.45) is 7.62. The van der Waals surface area contributed by atoms with Crippen molar-refractivity contribution in [1.82, 2.24) is 19.8 Å². The Kier molecular flexibility index (Phi) is 5.34. The fourth-order valence-corrected chi connectivity index (χ4v) is 2.60. The molecular weight excluding hydrogens is 252 g/mol. The van der Waals surface area contributed by atoms with Gasteiger partial charge in [0.25, 0.3) is 10.0 Å². The van der Waals surface area contributed by atoms with Crippen molar-refractivity contribution in [2.45, 2.75) is 24.9 Å². The summed E-state index contributed by atoms with van der Waals surface area (Å²) in [7, 11) is -2.15. The summed E-state index contributed by atoms with van der Waals surface area (Å²) in [5, 5.41) is 9.55. The fourth-order valence-electron chi connectivity index (χ4n) is 1.42. The Hall–Kier alpha value is -1.36. The van der Waals surface area contributed by atoms with Crippen molar-refractivity contribution in [3.8, 4) is 12.3 Å². The van der Waals surface area contributed by atoms with Gasteiger partial charge in [0, 0.05) is 19.2 Å². The number of nitrogens with one attached hydrogen (secondary N) is 2. The van der Waals surface area contributed by atoms with E-state index in [0.29, 0.717) is 12.1 Å². The maximum Gasteiger partial charge on any atom is 0.260 e. The molecule has 0 unspecified atom stereocenters. The third kappa shape index (κ3) is 3.32. The van der Waals surface area contributed by atoms with Crippen LogP contribution in [0.2, 0.25) is 0 Å². The van der Waals surface area contributed by atoms with Gasteiger partial charge in [0.15, 0.2) is 5.03 Å². The fraction of sp³-hybridized carbons (Fsp3) is 0.545. The number of hydrogen-bond acceptors (Lipinski definition) is 4. The lowest BCUT2D eigenvalue weighted by atomic mass is 10.3. The molecule has 0 saturated carbocycles. The van der Waals surface area contributed by atoms with Crippen LogP contribution in [0.5, 0.6) is 0 Å². The molecular formula is C11H18N4O2S. The molecule has 0 atom stereocenters. The summed E-state index contributed by atoms with van der Waals surface area (Å²) >= 11 is 0. The molecule has 0 amide bonds. The molecule has 0 saturated heterocycles. The zero-order valence-corrected chi connectivity index (χ0v) is 11.4. The molecule has 0 bridgehead atoms. The first-order valence-electron chi connectivity index (χ1n) is 5.66. The van der Waals surface area contributed by atoms with E-state index in [4.69, 9.17) is 6.42 Å². The molecule has 0 fully saturated rings. The highest BCUT2D eigenvalue weighted by atomic mass is 32.2. The van der Waals surface area contributed by atoms with E-state index in [1.54, 1.807) is 0 Å². The molecule has 6 nitrogen and oxygen atoms in total. The molecule has 0 aliphatic heterocycles. The molecule has 100 valence electrons. The van der Waals surface area contributed by atoms with Crippen molar-refractivity contribution in [3.63, 3.8) is 0 Å². The average Bonchev–Trinajstić information content (AvgIpc) is 2.78. The first-order valence-corrected chi connectivity index (χ1v) is 7.10. The topological polar surface area (TPSA) is 78.1 Å². The highest BCUT2D eigenvalue weighted by Crippen LogP contribution is 2.15. The van der Waals surface area contributed by atoms with Crippen LogP contribution in [0.3, 0.4) is 0 Å². The summed E-state index contributed by atoms with van der Waals surface area (Å²) in [5.74, 6) is 2.30. The van der Waals surface area contributed by atoms with Gasteiger partial charge < -0.3 is 5.32 Å². The molecule has 0 aliphatic rings. The van der Waals surface area contributed by atoms with Crippen LogP contribution in [0.25, 0.3) is 0 Å². The summed E-state index contributed by atoms with van der Waals surface area (Å²) in [6.45, 7) is 3.36. The zero-order chi connectivity index (χ0) is 13.6. The van der Waals surface area contributed by atoms with Crippen molar-refractivity contribution in [3.05, 3.63) is 11.8 Å². The molecule has 7 heteroatoms. The van der Waals surface area contributed by atoms with E-state index in [1.165, 1.54) is 13.2 Å². The quantitative estimate of drug-likeness (QED) is 0.546. The number of nitrogens with zero attached hydrogens (tertiary/aromatic N) is 2. The molecule has 2 N–H and O–H groups in total. The highest BCUT2D eigenvalue weighted by Gasteiger charge is 2.25. The molecule has 0 aliphatic carbocycles. The average molecular weight is 270 g/mol. The maximum atomic E-state index is 12.2. The normalized spacial score (nSPS) is 11.7. The van der Waals surface area contributed by atoms with Gasteiger partial charge in [0.1, 0.15) is 0 Å². The van der Waals surface area contributed by atoms with Crippen LogP contribution < -0.4 is 5.32 Å². The van der Waals surface area contributed by atoms with Crippen molar-refractivity contribution in [1.29, 1.82) is 0 Å². The molecule has 1 aromatic rings. The Labute approximate surface area is 108 Å². The smallest absolute Gasteiger partial charge is 0.260 e. The Morgan fingerprint density at radius 3 is 2.94 bits per heavy atom. The van der Waals surface area contributed by atoms with Gasteiger partial charge in [-0.05, 0) is 13.0 Å². The lowest BCUT2D eigenvalue weighted by molar-refractivity contribution is 0.497. The van der Waals surface area contributed by atoms with Gasteiger partial charge >= 0.3 is 0 Å². The van der Waals surface area contributed by atoms with Crippen LogP contribution in [0.1, 0.15) is 18.9 Å². The molecule has 0 spiro atoms. The number of sulfonamides is 1. The van der Waals surface area contributed by atoms with Crippen LogP contribution in [0, 0.1) is 12.3 Å². The number of rotatable bonds is 7. The van der Waals surface area contributed by atoms with E-state index in [0.717, 1.165) is 17.3 Å². The second kappa shape index (κ2) is 6.54. The monoisotopic (exact) mass is 270 g/mol. The zero-order valence-electron chi connectivity index (χ0n) is 10.6. The maximum absolute atomic E-state index is 12.2.